The van der Waals surface area contributed by atoms with Crippen molar-refractivity contribution in [3.63, 3.8) is 0 Å². The third kappa shape index (κ3) is 3.03. The Labute approximate surface area is 122 Å². The van der Waals surface area contributed by atoms with Crippen LogP contribution < -0.4 is 4.74 Å². The monoisotopic (exact) mass is 322 g/mol. The molecule has 3 heteroatoms. The van der Waals surface area contributed by atoms with E-state index in [0.717, 1.165) is 28.4 Å². The standard InChI is InChI=1S/C16H19BrO2/c1-5-18-15-7-6-10(2)8-14(15)16(17)13-9-11(3)19-12(13)4/h6-9,16H,5H2,1-4H3. The summed E-state index contributed by atoms with van der Waals surface area (Å²) in [5.41, 5.74) is 3.52. The molecule has 0 bridgehead atoms. The second kappa shape index (κ2) is 5.83. The van der Waals surface area contributed by atoms with Crippen LogP contribution >= 0.6 is 15.9 Å². The van der Waals surface area contributed by atoms with Crippen molar-refractivity contribution >= 4 is 15.9 Å². The molecule has 0 aliphatic rings. The van der Waals surface area contributed by atoms with Crippen molar-refractivity contribution in [1.82, 2.24) is 0 Å². The van der Waals surface area contributed by atoms with Crippen molar-refractivity contribution < 1.29 is 9.15 Å². The Morgan fingerprint density at radius 1 is 1.16 bits per heavy atom. The fourth-order valence-corrected chi connectivity index (χ4v) is 3.03. The Morgan fingerprint density at radius 3 is 2.47 bits per heavy atom. The molecule has 0 fully saturated rings. The Bertz CT molecular complexity index is 572. The Hall–Kier alpha value is -1.22. The minimum absolute atomic E-state index is 0.0893. The molecule has 1 aromatic heterocycles. The summed E-state index contributed by atoms with van der Waals surface area (Å²) in [5.74, 6) is 2.80. The van der Waals surface area contributed by atoms with Gasteiger partial charge in [-0.2, -0.15) is 0 Å². The third-order valence-electron chi connectivity index (χ3n) is 3.09. The van der Waals surface area contributed by atoms with Crippen LogP contribution in [0.3, 0.4) is 0 Å². The second-order valence-electron chi connectivity index (χ2n) is 4.71. The topological polar surface area (TPSA) is 22.4 Å². The number of benzene rings is 1. The van der Waals surface area contributed by atoms with Gasteiger partial charge in [-0.05, 0) is 39.8 Å². The van der Waals surface area contributed by atoms with Crippen molar-refractivity contribution in [3.8, 4) is 5.75 Å². The molecule has 0 saturated carbocycles. The maximum Gasteiger partial charge on any atom is 0.123 e. The van der Waals surface area contributed by atoms with Gasteiger partial charge >= 0.3 is 0 Å². The molecule has 1 atom stereocenters. The molecule has 19 heavy (non-hydrogen) atoms. The molecule has 1 aromatic carbocycles. The lowest BCUT2D eigenvalue weighted by molar-refractivity contribution is 0.337. The van der Waals surface area contributed by atoms with Crippen LogP contribution in [0.25, 0.3) is 0 Å². The van der Waals surface area contributed by atoms with Crippen molar-refractivity contribution in [2.75, 3.05) is 6.61 Å². The van der Waals surface area contributed by atoms with Crippen molar-refractivity contribution in [1.29, 1.82) is 0 Å². The first-order chi connectivity index (χ1) is 9.02. The van der Waals surface area contributed by atoms with Gasteiger partial charge in [0.2, 0.25) is 0 Å². The number of hydrogen-bond donors (Lipinski definition) is 0. The first kappa shape index (κ1) is 14.2. The highest BCUT2D eigenvalue weighted by molar-refractivity contribution is 9.09. The second-order valence-corrected chi connectivity index (χ2v) is 5.62. The molecule has 0 saturated heterocycles. The maximum atomic E-state index is 5.72. The van der Waals surface area contributed by atoms with Gasteiger partial charge in [0.25, 0.3) is 0 Å². The average Bonchev–Trinajstić information content (AvgIpc) is 2.70. The number of rotatable bonds is 4. The number of furan rings is 1. The predicted molar refractivity (Wildman–Crippen MR) is 81.3 cm³/mol. The highest BCUT2D eigenvalue weighted by atomic mass is 79.9. The van der Waals surface area contributed by atoms with Crippen LogP contribution in [0.15, 0.2) is 28.7 Å². The molecule has 2 aromatic rings. The van der Waals surface area contributed by atoms with Crippen molar-refractivity contribution in [2.45, 2.75) is 32.5 Å². The smallest absolute Gasteiger partial charge is 0.123 e. The van der Waals surface area contributed by atoms with Gasteiger partial charge in [0, 0.05) is 11.1 Å². The van der Waals surface area contributed by atoms with Crippen LogP contribution in [0.5, 0.6) is 5.75 Å². The van der Waals surface area contributed by atoms with E-state index in [1.54, 1.807) is 0 Å². The van der Waals surface area contributed by atoms with Crippen molar-refractivity contribution in [3.05, 3.63) is 52.5 Å². The number of halogens is 1. The van der Waals surface area contributed by atoms with Crippen LogP contribution in [0, 0.1) is 20.8 Å². The van der Waals surface area contributed by atoms with Gasteiger partial charge < -0.3 is 9.15 Å². The summed E-state index contributed by atoms with van der Waals surface area (Å²) in [5, 5.41) is 0. The van der Waals surface area contributed by atoms with Crippen LogP contribution in [0.4, 0.5) is 0 Å². The molecular weight excluding hydrogens is 304 g/mol. The molecule has 0 radical (unpaired) electrons. The highest BCUT2D eigenvalue weighted by Gasteiger charge is 2.20. The lowest BCUT2D eigenvalue weighted by Gasteiger charge is -2.15. The van der Waals surface area contributed by atoms with Gasteiger partial charge in [0.1, 0.15) is 17.3 Å². The lowest BCUT2D eigenvalue weighted by atomic mass is 10.0. The number of aryl methyl sites for hydroxylation is 3. The zero-order valence-corrected chi connectivity index (χ0v) is 13.4. The summed E-state index contributed by atoms with van der Waals surface area (Å²) in [6.07, 6.45) is 0. The van der Waals surface area contributed by atoms with E-state index in [1.807, 2.05) is 26.8 Å². The molecule has 0 N–H and O–H groups in total. The number of alkyl halides is 1. The van der Waals surface area contributed by atoms with Crippen molar-refractivity contribution in [2.24, 2.45) is 0 Å². The molecule has 2 nitrogen and oxygen atoms in total. The maximum absolute atomic E-state index is 5.72. The lowest BCUT2D eigenvalue weighted by Crippen LogP contribution is -2.00. The zero-order valence-electron chi connectivity index (χ0n) is 11.8. The van der Waals surface area contributed by atoms with Gasteiger partial charge in [-0.1, -0.05) is 33.6 Å². The SMILES string of the molecule is CCOc1ccc(C)cc1C(Br)c1cc(C)oc1C. The normalized spacial score (nSPS) is 12.5. The van der Waals surface area contributed by atoms with Crippen LogP contribution in [-0.4, -0.2) is 6.61 Å². The summed E-state index contributed by atoms with van der Waals surface area (Å²) >= 11 is 3.77. The molecule has 1 unspecified atom stereocenters. The largest absolute Gasteiger partial charge is 0.494 e. The first-order valence-electron chi connectivity index (χ1n) is 6.47. The molecule has 1 heterocycles. The minimum atomic E-state index is 0.0893. The molecule has 102 valence electrons. The molecule has 0 aliphatic heterocycles. The molecule has 0 spiro atoms. The van der Waals surface area contributed by atoms with Gasteiger partial charge in [0.15, 0.2) is 0 Å². The number of ether oxygens (including phenoxy) is 1. The van der Waals surface area contributed by atoms with Crippen LogP contribution in [-0.2, 0) is 0 Å². The van der Waals surface area contributed by atoms with Gasteiger partial charge in [-0.15, -0.1) is 0 Å². The predicted octanol–water partition coefficient (Wildman–Crippen LogP) is 5.09. The summed E-state index contributed by atoms with van der Waals surface area (Å²) in [6.45, 7) is 8.72. The van der Waals surface area contributed by atoms with E-state index >= 15 is 0 Å². The Morgan fingerprint density at radius 2 is 1.89 bits per heavy atom. The minimum Gasteiger partial charge on any atom is -0.494 e. The average molecular weight is 323 g/mol. The van der Waals surface area contributed by atoms with Gasteiger partial charge in [-0.3, -0.25) is 0 Å². The third-order valence-corrected chi connectivity index (χ3v) is 4.08. The molecule has 2 rings (SSSR count). The van der Waals surface area contributed by atoms with E-state index < -0.39 is 0 Å². The van der Waals surface area contributed by atoms with E-state index in [1.165, 1.54) is 5.56 Å². The van der Waals surface area contributed by atoms with E-state index in [9.17, 15) is 0 Å². The quantitative estimate of drug-likeness (QED) is 0.732. The van der Waals surface area contributed by atoms with E-state index in [0.29, 0.717) is 6.61 Å². The van der Waals surface area contributed by atoms with Gasteiger partial charge in [0.05, 0.1) is 11.4 Å². The molecule has 0 aliphatic carbocycles. The van der Waals surface area contributed by atoms with E-state index in [-0.39, 0.29) is 4.83 Å². The van der Waals surface area contributed by atoms with Crippen LogP contribution in [0.1, 0.15) is 40.0 Å². The Balaban J connectivity index is 2.45. The fraction of sp³-hybridized carbons (Fsp3) is 0.375. The summed E-state index contributed by atoms with van der Waals surface area (Å²) < 4.78 is 11.3. The fourth-order valence-electron chi connectivity index (χ4n) is 2.22. The van der Waals surface area contributed by atoms with Crippen LogP contribution in [0.2, 0.25) is 0 Å². The molecular formula is C16H19BrO2. The van der Waals surface area contributed by atoms with E-state index in [2.05, 4.69) is 41.1 Å². The summed E-state index contributed by atoms with van der Waals surface area (Å²) in [6, 6.07) is 8.34. The molecule has 0 amide bonds. The van der Waals surface area contributed by atoms with Gasteiger partial charge in [-0.25, -0.2) is 0 Å². The number of hydrogen-bond acceptors (Lipinski definition) is 2. The first-order valence-corrected chi connectivity index (χ1v) is 7.38. The Kier molecular flexibility index (Phi) is 4.35. The highest BCUT2D eigenvalue weighted by Crippen LogP contribution is 2.39. The summed E-state index contributed by atoms with van der Waals surface area (Å²) in [4.78, 5) is 0.0893. The zero-order chi connectivity index (χ0) is 14.0. The summed E-state index contributed by atoms with van der Waals surface area (Å²) in [7, 11) is 0. The van der Waals surface area contributed by atoms with E-state index in [4.69, 9.17) is 9.15 Å².